The molecule has 0 spiro atoms. The number of hydrogen-bond acceptors (Lipinski definition) is 4. The second kappa shape index (κ2) is 4.24. The van der Waals surface area contributed by atoms with E-state index in [9.17, 15) is 14.0 Å². The number of amides is 2. The van der Waals surface area contributed by atoms with Crippen molar-refractivity contribution in [3.8, 4) is 6.07 Å². The van der Waals surface area contributed by atoms with E-state index >= 15 is 0 Å². The standard InChI is InChI=1S/C14H6FN3O2/c15-11-2-1-3-12(9(11)6-16)18-13(19)8-4-5-17-7-10(8)14(18)20/h1-5,7H. The number of anilines is 1. The molecule has 2 heterocycles. The first kappa shape index (κ1) is 12.0. The van der Waals surface area contributed by atoms with Crippen molar-refractivity contribution < 1.29 is 14.0 Å². The van der Waals surface area contributed by atoms with Crippen molar-refractivity contribution in [3.63, 3.8) is 0 Å². The summed E-state index contributed by atoms with van der Waals surface area (Å²) in [6, 6.07) is 6.89. The molecule has 1 aliphatic heterocycles. The Bertz CT molecular complexity index is 760. The number of imide groups is 1. The van der Waals surface area contributed by atoms with Crippen LogP contribution in [0.5, 0.6) is 0 Å². The molecular formula is C14H6FN3O2. The lowest BCUT2D eigenvalue weighted by Gasteiger charge is -2.15. The molecule has 0 bridgehead atoms. The first-order chi connectivity index (χ1) is 9.65. The van der Waals surface area contributed by atoms with Gasteiger partial charge in [0.25, 0.3) is 11.8 Å². The lowest BCUT2D eigenvalue weighted by Crippen LogP contribution is -2.30. The maximum Gasteiger partial charge on any atom is 0.267 e. The minimum absolute atomic E-state index is 0.0568. The van der Waals surface area contributed by atoms with Gasteiger partial charge < -0.3 is 0 Å². The highest BCUT2D eigenvalue weighted by Crippen LogP contribution is 2.30. The SMILES string of the molecule is N#Cc1c(F)cccc1N1C(=O)c2ccncc2C1=O. The van der Waals surface area contributed by atoms with Crippen LogP contribution in [0, 0.1) is 17.1 Å². The molecule has 96 valence electrons. The maximum atomic E-state index is 13.6. The molecule has 0 unspecified atom stereocenters. The predicted molar refractivity (Wildman–Crippen MR) is 66.5 cm³/mol. The Morgan fingerprint density at radius 1 is 1.15 bits per heavy atom. The normalized spacial score (nSPS) is 13.3. The molecule has 2 aromatic rings. The third-order valence-corrected chi connectivity index (χ3v) is 3.03. The smallest absolute Gasteiger partial charge is 0.267 e. The van der Waals surface area contributed by atoms with E-state index < -0.39 is 17.6 Å². The Morgan fingerprint density at radius 2 is 1.90 bits per heavy atom. The summed E-state index contributed by atoms with van der Waals surface area (Å²) in [5.74, 6) is -1.98. The Labute approximate surface area is 112 Å². The molecule has 5 nitrogen and oxygen atoms in total. The molecule has 0 fully saturated rings. The number of carbonyl (C=O) groups is 2. The quantitative estimate of drug-likeness (QED) is 0.739. The fourth-order valence-corrected chi connectivity index (χ4v) is 2.11. The molecule has 20 heavy (non-hydrogen) atoms. The Hall–Kier alpha value is -3.07. The Kier molecular flexibility index (Phi) is 2.54. The molecule has 1 aliphatic rings. The molecule has 0 saturated heterocycles. The van der Waals surface area contributed by atoms with E-state index in [4.69, 9.17) is 5.26 Å². The summed E-state index contributed by atoms with van der Waals surface area (Å²) in [7, 11) is 0. The zero-order valence-electron chi connectivity index (χ0n) is 10.0. The van der Waals surface area contributed by atoms with E-state index in [1.807, 2.05) is 0 Å². The van der Waals surface area contributed by atoms with E-state index in [1.54, 1.807) is 6.07 Å². The van der Waals surface area contributed by atoms with Gasteiger partial charge in [-0.05, 0) is 18.2 Å². The van der Waals surface area contributed by atoms with E-state index in [2.05, 4.69) is 4.98 Å². The third-order valence-electron chi connectivity index (χ3n) is 3.03. The van der Waals surface area contributed by atoms with Crippen LogP contribution in [0.3, 0.4) is 0 Å². The first-order valence-corrected chi connectivity index (χ1v) is 5.66. The van der Waals surface area contributed by atoms with Crippen LogP contribution in [-0.2, 0) is 0 Å². The second-order valence-corrected chi connectivity index (χ2v) is 4.11. The van der Waals surface area contributed by atoms with E-state index in [1.165, 1.54) is 30.6 Å². The maximum absolute atomic E-state index is 13.6. The molecule has 0 saturated carbocycles. The number of benzene rings is 1. The average Bonchev–Trinajstić information content (AvgIpc) is 2.71. The van der Waals surface area contributed by atoms with Crippen molar-refractivity contribution in [1.82, 2.24) is 4.98 Å². The molecule has 0 aliphatic carbocycles. The minimum atomic E-state index is -0.778. The summed E-state index contributed by atoms with van der Waals surface area (Å²) in [5.41, 5.74) is -0.0579. The lowest BCUT2D eigenvalue weighted by atomic mass is 10.1. The molecule has 6 heteroatoms. The average molecular weight is 267 g/mol. The van der Waals surface area contributed by atoms with Crippen molar-refractivity contribution in [3.05, 3.63) is 59.2 Å². The summed E-state index contributed by atoms with van der Waals surface area (Å²) < 4.78 is 13.6. The number of hydrogen-bond donors (Lipinski definition) is 0. The van der Waals surface area contributed by atoms with Gasteiger partial charge in [-0.25, -0.2) is 9.29 Å². The molecule has 3 rings (SSSR count). The number of aromatic nitrogens is 1. The van der Waals surface area contributed by atoms with Crippen molar-refractivity contribution in [1.29, 1.82) is 5.26 Å². The van der Waals surface area contributed by atoms with Crippen LogP contribution in [-0.4, -0.2) is 16.8 Å². The molecular weight excluding hydrogens is 261 g/mol. The van der Waals surface area contributed by atoms with Crippen LogP contribution >= 0.6 is 0 Å². The van der Waals surface area contributed by atoms with Crippen LogP contribution in [0.4, 0.5) is 10.1 Å². The highest BCUT2D eigenvalue weighted by atomic mass is 19.1. The van der Waals surface area contributed by atoms with Gasteiger partial charge in [0, 0.05) is 12.4 Å². The topological polar surface area (TPSA) is 74.1 Å². The number of fused-ring (bicyclic) bond motifs is 1. The Morgan fingerprint density at radius 3 is 2.60 bits per heavy atom. The predicted octanol–water partition coefficient (Wildman–Crippen LogP) is 1.89. The number of carbonyl (C=O) groups excluding carboxylic acids is 2. The van der Waals surface area contributed by atoms with Crippen molar-refractivity contribution in [2.24, 2.45) is 0 Å². The number of halogens is 1. The summed E-state index contributed by atoms with van der Waals surface area (Å²) in [6.07, 6.45) is 2.67. The highest BCUT2D eigenvalue weighted by molar-refractivity contribution is 6.34. The van der Waals surface area contributed by atoms with Gasteiger partial charge in [-0.1, -0.05) is 6.07 Å². The molecule has 0 N–H and O–H groups in total. The molecule has 2 amide bonds. The monoisotopic (exact) mass is 267 g/mol. The van der Waals surface area contributed by atoms with Crippen molar-refractivity contribution in [2.45, 2.75) is 0 Å². The van der Waals surface area contributed by atoms with Gasteiger partial charge in [0.2, 0.25) is 0 Å². The number of rotatable bonds is 1. The van der Waals surface area contributed by atoms with Crippen LogP contribution in [0.2, 0.25) is 0 Å². The van der Waals surface area contributed by atoms with Gasteiger partial charge in [0.1, 0.15) is 17.4 Å². The van der Waals surface area contributed by atoms with E-state index in [-0.39, 0.29) is 22.4 Å². The molecule has 0 atom stereocenters. The van der Waals surface area contributed by atoms with E-state index in [0.29, 0.717) is 0 Å². The fourth-order valence-electron chi connectivity index (χ4n) is 2.11. The van der Waals surface area contributed by atoms with Crippen molar-refractivity contribution in [2.75, 3.05) is 4.90 Å². The lowest BCUT2D eigenvalue weighted by molar-refractivity contribution is 0.0926. The molecule has 1 aromatic carbocycles. The van der Waals surface area contributed by atoms with Crippen LogP contribution in [0.1, 0.15) is 26.3 Å². The number of nitriles is 1. The summed E-state index contributed by atoms with van der Waals surface area (Å²) >= 11 is 0. The fraction of sp³-hybridized carbons (Fsp3) is 0. The van der Waals surface area contributed by atoms with Crippen LogP contribution in [0.25, 0.3) is 0 Å². The van der Waals surface area contributed by atoms with Gasteiger partial charge in [-0.15, -0.1) is 0 Å². The van der Waals surface area contributed by atoms with Gasteiger partial charge in [-0.2, -0.15) is 5.26 Å². The minimum Gasteiger partial charge on any atom is -0.268 e. The second-order valence-electron chi connectivity index (χ2n) is 4.11. The van der Waals surface area contributed by atoms with Gasteiger partial charge in [0.15, 0.2) is 0 Å². The molecule has 1 aromatic heterocycles. The first-order valence-electron chi connectivity index (χ1n) is 5.66. The highest BCUT2D eigenvalue weighted by Gasteiger charge is 2.38. The summed E-state index contributed by atoms with van der Waals surface area (Å²) in [4.78, 5) is 29.0. The number of pyridine rings is 1. The third kappa shape index (κ3) is 1.50. The molecule has 0 radical (unpaired) electrons. The Balaban J connectivity index is 2.20. The van der Waals surface area contributed by atoms with Gasteiger partial charge in [-0.3, -0.25) is 14.6 Å². The van der Waals surface area contributed by atoms with Gasteiger partial charge >= 0.3 is 0 Å². The van der Waals surface area contributed by atoms with E-state index in [0.717, 1.165) is 11.0 Å². The van der Waals surface area contributed by atoms with Crippen LogP contribution < -0.4 is 4.90 Å². The zero-order chi connectivity index (χ0) is 14.3. The van der Waals surface area contributed by atoms with Crippen molar-refractivity contribution >= 4 is 17.5 Å². The zero-order valence-corrected chi connectivity index (χ0v) is 10.0. The van der Waals surface area contributed by atoms with Crippen LogP contribution in [0.15, 0.2) is 36.7 Å². The largest absolute Gasteiger partial charge is 0.268 e. The summed E-state index contributed by atoms with van der Waals surface area (Å²) in [5, 5.41) is 9.00. The van der Waals surface area contributed by atoms with Gasteiger partial charge in [0.05, 0.1) is 16.8 Å². The number of nitrogens with zero attached hydrogens (tertiary/aromatic N) is 3. The summed E-state index contributed by atoms with van der Waals surface area (Å²) in [6.45, 7) is 0.